The number of ether oxygens (including phenoxy) is 1. The molecule has 0 saturated carbocycles. The lowest BCUT2D eigenvalue weighted by Gasteiger charge is -2.24. The van der Waals surface area contributed by atoms with Crippen molar-refractivity contribution in [2.75, 3.05) is 30.9 Å². The standard InChI is InChI=1S/C18H22N4O4/c1-11-9-12-5-3-4-6-13(12)22(11)10-14(23)15-16(19)21(7-8-26-2)18(25)20-17(15)24/h3-6,11H,7-10,19H2,1-2H3,(H,20,24,25). The highest BCUT2D eigenvalue weighted by Crippen LogP contribution is 2.31. The minimum absolute atomic E-state index is 0.0218. The number of anilines is 2. The van der Waals surface area contributed by atoms with Gasteiger partial charge in [0.05, 0.1) is 19.7 Å². The number of ketones is 1. The van der Waals surface area contributed by atoms with Crippen LogP contribution in [0.1, 0.15) is 22.8 Å². The number of aromatic nitrogens is 2. The number of fused-ring (bicyclic) bond motifs is 1. The summed E-state index contributed by atoms with van der Waals surface area (Å²) in [6.07, 6.45) is 0.836. The van der Waals surface area contributed by atoms with Crippen molar-refractivity contribution < 1.29 is 9.53 Å². The van der Waals surface area contributed by atoms with Gasteiger partial charge in [-0.05, 0) is 25.0 Å². The fraction of sp³-hybridized carbons (Fsp3) is 0.389. The Morgan fingerprint density at radius 1 is 1.35 bits per heavy atom. The SMILES string of the molecule is COCCn1c(N)c(C(=O)CN2c3ccccc3CC2C)c(=O)[nH]c1=O. The quantitative estimate of drug-likeness (QED) is 0.723. The molecule has 0 bridgehead atoms. The molecule has 0 saturated heterocycles. The molecule has 0 radical (unpaired) electrons. The molecular formula is C18H22N4O4. The molecule has 1 unspecified atom stereocenters. The average molecular weight is 358 g/mol. The summed E-state index contributed by atoms with van der Waals surface area (Å²) in [6.45, 7) is 2.44. The molecule has 0 amide bonds. The number of carbonyl (C=O) groups is 1. The van der Waals surface area contributed by atoms with Crippen molar-refractivity contribution in [2.45, 2.75) is 25.9 Å². The number of nitrogens with two attached hydrogens (primary N) is 1. The number of methoxy groups -OCH3 is 1. The van der Waals surface area contributed by atoms with Crippen LogP contribution in [-0.4, -0.2) is 41.6 Å². The van der Waals surface area contributed by atoms with E-state index >= 15 is 0 Å². The van der Waals surface area contributed by atoms with Crippen molar-refractivity contribution >= 4 is 17.3 Å². The average Bonchev–Trinajstić information content (AvgIpc) is 2.90. The molecule has 2 aromatic rings. The zero-order valence-corrected chi connectivity index (χ0v) is 14.8. The number of nitrogens with one attached hydrogen (secondary N) is 1. The van der Waals surface area contributed by atoms with E-state index in [4.69, 9.17) is 10.5 Å². The molecule has 1 aromatic carbocycles. The van der Waals surface area contributed by atoms with E-state index in [1.807, 2.05) is 36.1 Å². The summed E-state index contributed by atoms with van der Waals surface area (Å²) in [5.41, 5.74) is 6.53. The Morgan fingerprint density at radius 3 is 2.81 bits per heavy atom. The number of Topliss-reactive ketones (excluding diaryl/α,β-unsaturated/α-hetero) is 1. The fourth-order valence-electron chi connectivity index (χ4n) is 3.37. The number of carbonyl (C=O) groups excluding carboxylic acids is 1. The van der Waals surface area contributed by atoms with E-state index in [-0.39, 0.29) is 37.1 Å². The summed E-state index contributed by atoms with van der Waals surface area (Å²) in [7, 11) is 1.49. The first-order valence-corrected chi connectivity index (χ1v) is 8.43. The van der Waals surface area contributed by atoms with Crippen molar-refractivity contribution in [1.82, 2.24) is 9.55 Å². The third-order valence-electron chi connectivity index (χ3n) is 4.70. The van der Waals surface area contributed by atoms with Crippen LogP contribution in [0, 0.1) is 0 Å². The molecule has 138 valence electrons. The van der Waals surface area contributed by atoms with Crippen molar-refractivity contribution in [3.8, 4) is 0 Å². The van der Waals surface area contributed by atoms with Crippen LogP contribution >= 0.6 is 0 Å². The summed E-state index contributed by atoms with van der Waals surface area (Å²) < 4.78 is 6.10. The van der Waals surface area contributed by atoms with Crippen molar-refractivity contribution in [3.63, 3.8) is 0 Å². The molecular weight excluding hydrogens is 336 g/mol. The summed E-state index contributed by atoms with van der Waals surface area (Å²) >= 11 is 0. The number of nitrogen functional groups attached to an aromatic ring is 1. The number of benzene rings is 1. The van der Waals surface area contributed by atoms with Gasteiger partial charge < -0.3 is 15.4 Å². The Bertz CT molecular complexity index is 947. The zero-order chi connectivity index (χ0) is 18.8. The minimum Gasteiger partial charge on any atom is -0.384 e. The third-order valence-corrected chi connectivity index (χ3v) is 4.70. The zero-order valence-electron chi connectivity index (χ0n) is 14.8. The summed E-state index contributed by atoms with van der Waals surface area (Å²) in [6, 6.07) is 8.00. The minimum atomic E-state index is -0.758. The second kappa shape index (κ2) is 7.17. The predicted molar refractivity (Wildman–Crippen MR) is 98.9 cm³/mol. The van der Waals surface area contributed by atoms with Gasteiger partial charge >= 0.3 is 5.69 Å². The Morgan fingerprint density at radius 2 is 2.08 bits per heavy atom. The van der Waals surface area contributed by atoms with Crippen molar-refractivity contribution in [1.29, 1.82) is 0 Å². The Kier molecular flexibility index (Phi) is 4.94. The van der Waals surface area contributed by atoms with Crippen LogP contribution in [0.3, 0.4) is 0 Å². The largest absolute Gasteiger partial charge is 0.384 e. The molecule has 3 N–H and O–H groups in total. The van der Waals surface area contributed by atoms with E-state index in [1.165, 1.54) is 12.7 Å². The van der Waals surface area contributed by atoms with Gasteiger partial charge in [0.2, 0.25) is 0 Å². The van der Waals surface area contributed by atoms with Gasteiger partial charge in [0.15, 0.2) is 5.78 Å². The molecule has 1 aliphatic heterocycles. The van der Waals surface area contributed by atoms with Crippen LogP contribution in [0.4, 0.5) is 11.5 Å². The first-order valence-electron chi connectivity index (χ1n) is 8.43. The van der Waals surface area contributed by atoms with Gasteiger partial charge in [0.1, 0.15) is 11.4 Å². The lowest BCUT2D eigenvalue weighted by molar-refractivity contribution is 0.0996. The van der Waals surface area contributed by atoms with Gasteiger partial charge in [-0.2, -0.15) is 0 Å². The van der Waals surface area contributed by atoms with E-state index in [2.05, 4.69) is 4.98 Å². The maximum Gasteiger partial charge on any atom is 0.330 e. The molecule has 8 nitrogen and oxygen atoms in total. The molecule has 1 atom stereocenters. The van der Waals surface area contributed by atoms with Crippen LogP contribution in [0.25, 0.3) is 0 Å². The molecule has 0 fully saturated rings. The van der Waals surface area contributed by atoms with Gasteiger partial charge in [-0.1, -0.05) is 18.2 Å². The number of H-pyrrole nitrogens is 1. The maximum absolute atomic E-state index is 12.8. The highest BCUT2D eigenvalue weighted by atomic mass is 16.5. The van der Waals surface area contributed by atoms with Crippen LogP contribution in [0.5, 0.6) is 0 Å². The number of aromatic amines is 1. The molecule has 1 aliphatic rings. The molecule has 0 aliphatic carbocycles. The lowest BCUT2D eigenvalue weighted by Crippen LogP contribution is -2.41. The number of rotatable bonds is 6. The van der Waals surface area contributed by atoms with Crippen LogP contribution in [-0.2, 0) is 17.7 Å². The Hall–Kier alpha value is -2.87. The Labute approximate surface area is 150 Å². The van der Waals surface area contributed by atoms with Gasteiger partial charge in [-0.3, -0.25) is 19.1 Å². The van der Waals surface area contributed by atoms with Crippen molar-refractivity contribution in [3.05, 3.63) is 56.2 Å². The summed E-state index contributed by atoms with van der Waals surface area (Å²) in [4.78, 5) is 41.1. The number of nitrogens with zero attached hydrogens (tertiary/aromatic N) is 2. The smallest absolute Gasteiger partial charge is 0.330 e. The first-order chi connectivity index (χ1) is 12.4. The second-order valence-corrected chi connectivity index (χ2v) is 6.40. The first kappa shape index (κ1) is 17.9. The molecule has 26 heavy (non-hydrogen) atoms. The predicted octanol–water partition coefficient (Wildman–Crippen LogP) is 0.399. The topological polar surface area (TPSA) is 110 Å². The molecule has 1 aromatic heterocycles. The molecule has 0 spiro atoms. The van der Waals surface area contributed by atoms with E-state index in [0.717, 1.165) is 16.7 Å². The summed E-state index contributed by atoms with van der Waals surface area (Å²) in [5.74, 6) is -0.542. The van der Waals surface area contributed by atoms with Gasteiger partial charge in [0.25, 0.3) is 5.56 Å². The lowest BCUT2D eigenvalue weighted by atomic mass is 10.1. The molecule has 2 heterocycles. The van der Waals surface area contributed by atoms with Gasteiger partial charge in [-0.15, -0.1) is 0 Å². The van der Waals surface area contributed by atoms with E-state index in [1.54, 1.807) is 0 Å². The van der Waals surface area contributed by atoms with E-state index in [9.17, 15) is 14.4 Å². The van der Waals surface area contributed by atoms with E-state index < -0.39 is 17.0 Å². The molecule has 8 heteroatoms. The highest BCUT2D eigenvalue weighted by molar-refractivity contribution is 6.02. The van der Waals surface area contributed by atoms with Crippen molar-refractivity contribution in [2.24, 2.45) is 0 Å². The fourth-order valence-corrected chi connectivity index (χ4v) is 3.37. The van der Waals surface area contributed by atoms with Crippen LogP contribution < -0.4 is 21.9 Å². The third kappa shape index (κ3) is 3.15. The van der Waals surface area contributed by atoms with Gasteiger partial charge in [-0.25, -0.2) is 4.79 Å². The summed E-state index contributed by atoms with van der Waals surface area (Å²) in [5, 5.41) is 0. The maximum atomic E-state index is 12.8. The second-order valence-electron chi connectivity index (χ2n) is 6.40. The van der Waals surface area contributed by atoms with Gasteiger partial charge in [0, 0.05) is 18.8 Å². The van der Waals surface area contributed by atoms with Crippen LogP contribution in [0.2, 0.25) is 0 Å². The Balaban J connectivity index is 1.94. The highest BCUT2D eigenvalue weighted by Gasteiger charge is 2.29. The van der Waals surface area contributed by atoms with Crippen LogP contribution in [0.15, 0.2) is 33.9 Å². The number of hydrogen-bond donors (Lipinski definition) is 2. The van der Waals surface area contributed by atoms with E-state index in [0.29, 0.717) is 0 Å². The monoisotopic (exact) mass is 358 g/mol. The molecule has 3 rings (SSSR count). The number of hydrogen-bond acceptors (Lipinski definition) is 6. The normalized spacial score (nSPS) is 15.9. The number of para-hydroxylation sites is 1.